The van der Waals surface area contributed by atoms with Crippen molar-refractivity contribution in [2.24, 2.45) is 27.5 Å². The van der Waals surface area contributed by atoms with Gasteiger partial charge in [-0.3, -0.25) is 0 Å². The summed E-state index contributed by atoms with van der Waals surface area (Å²) in [4.78, 5) is 0. The van der Waals surface area contributed by atoms with Gasteiger partial charge in [-0.2, -0.15) is 10.2 Å². The predicted molar refractivity (Wildman–Crippen MR) is 114 cm³/mol. The van der Waals surface area contributed by atoms with E-state index in [1.807, 2.05) is 18.2 Å². The van der Waals surface area contributed by atoms with Gasteiger partial charge in [-0.15, -0.1) is 0 Å². The van der Waals surface area contributed by atoms with Gasteiger partial charge >= 0.3 is 0 Å². The summed E-state index contributed by atoms with van der Waals surface area (Å²) in [7, 11) is 0. The van der Waals surface area contributed by atoms with Gasteiger partial charge in [0.05, 0.1) is 6.21 Å². The fourth-order valence-electron chi connectivity index (χ4n) is 6.27. The van der Waals surface area contributed by atoms with E-state index in [9.17, 15) is 9.50 Å². The van der Waals surface area contributed by atoms with Crippen molar-refractivity contribution in [2.45, 2.75) is 51.4 Å². The number of hydrogen-bond donors (Lipinski definition) is 1. The normalized spacial score (nSPS) is 32.2. The molecule has 0 saturated heterocycles. The summed E-state index contributed by atoms with van der Waals surface area (Å²) in [6.45, 7) is 2.38. The Bertz CT molecular complexity index is 998. The molecule has 4 atom stereocenters. The Balaban J connectivity index is 1.38. The third kappa shape index (κ3) is 3.19. The van der Waals surface area contributed by atoms with Gasteiger partial charge in [0.15, 0.2) is 0 Å². The average Bonchev–Trinajstić information content (AvgIpc) is 3.04. The molecule has 3 aliphatic rings. The molecule has 0 spiro atoms. The minimum Gasteiger partial charge on any atom is -0.508 e. The first kappa shape index (κ1) is 18.5. The highest BCUT2D eigenvalue weighted by molar-refractivity contribution is 5.93. The fraction of sp³-hybridized carbons (Fsp3) is 0.440. The Morgan fingerprint density at radius 3 is 2.86 bits per heavy atom. The van der Waals surface area contributed by atoms with Gasteiger partial charge in [0, 0.05) is 11.1 Å². The number of hydrogen-bond acceptors (Lipinski definition) is 3. The first-order valence-electron chi connectivity index (χ1n) is 10.7. The van der Waals surface area contributed by atoms with E-state index in [1.165, 1.54) is 48.2 Å². The second kappa shape index (κ2) is 7.08. The minimum absolute atomic E-state index is 0.120. The number of aryl methyl sites for hydroxylation is 1. The van der Waals surface area contributed by atoms with E-state index >= 15 is 0 Å². The topological polar surface area (TPSA) is 45.0 Å². The van der Waals surface area contributed by atoms with E-state index in [4.69, 9.17) is 0 Å². The lowest BCUT2D eigenvalue weighted by Crippen LogP contribution is -2.42. The van der Waals surface area contributed by atoms with Crippen molar-refractivity contribution in [1.29, 1.82) is 0 Å². The molecule has 0 amide bonds. The lowest BCUT2D eigenvalue weighted by molar-refractivity contribution is 0.0955. The Morgan fingerprint density at radius 2 is 2.00 bits per heavy atom. The van der Waals surface area contributed by atoms with Gasteiger partial charge in [0.1, 0.15) is 11.6 Å². The van der Waals surface area contributed by atoms with Gasteiger partial charge in [-0.1, -0.05) is 25.1 Å². The highest BCUT2D eigenvalue weighted by atomic mass is 19.1. The van der Waals surface area contributed by atoms with Crippen LogP contribution in [0.15, 0.2) is 52.7 Å². The van der Waals surface area contributed by atoms with Gasteiger partial charge in [-0.25, -0.2) is 4.39 Å². The van der Waals surface area contributed by atoms with Crippen molar-refractivity contribution >= 4 is 11.9 Å². The van der Waals surface area contributed by atoms with Crippen LogP contribution in [0, 0.1) is 23.1 Å². The molecule has 0 bridgehead atoms. The van der Waals surface area contributed by atoms with Gasteiger partial charge in [0.2, 0.25) is 0 Å². The number of aromatic hydroxyl groups is 1. The fourth-order valence-corrected chi connectivity index (χ4v) is 6.27. The molecule has 150 valence electrons. The summed E-state index contributed by atoms with van der Waals surface area (Å²) in [5.74, 6) is 2.07. The lowest BCUT2D eigenvalue weighted by atomic mass is 9.55. The summed E-state index contributed by atoms with van der Waals surface area (Å²) in [5, 5.41) is 18.8. The third-order valence-electron chi connectivity index (χ3n) is 7.69. The number of phenolic OH excluding ortho intramolecular Hbond substituents is 1. The summed E-state index contributed by atoms with van der Waals surface area (Å²) >= 11 is 0. The van der Waals surface area contributed by atoms with E-state index in [0.717, 1.165) is 24.8 Å². The number of halogens is 1. The lowest BCUT2D eigenvalue weighted by Gasteiger charge is -2.49. The van der Waals surface area contributed by atoms with Crippen molar-refractivity contribution < 1.29 is 9.50 Å². The van der Waals surface area contributed by atoms with Crippen LogP contribution < -0.4 is 0 Å². The summed E-state index contributed by atoms with van der Waals surface area (Å²) in [6, 6.07) is 12.4. The zero-order valence-electron chi connectivity index (χ0n) is 16.8. The van der Waals surface area contributed by atoms with Crippen LogP contribution in [0.25, 0.3) is 0 Å². The Morgan fingerprint density at radius 1 is 1.10 bits per heavy atom. The summed E-state index contributed by atoms with van der Waals surface area (Å²) < 4.78 is 13.4. The number of rotatable bonds is 2. The van der Waals surface area contributed by atoms with Crippen LogP contribution >= 0.6 is 0 Å². The predicted octanol–water partition coefficient (Wildman–Crippen LogP) is 5.86. The second-order valence-electron chi connectivity index (χ2n) is 9.14. The Kier molecular flexibility index (Phi) is 4.53. The van der Waals surface area contributed by atoms with Crippen LogP contribution in [0.1, 0.15) is 61.6 Å². The molecule has 2 fully saturated rings. The molecule has 0 aliphatic heterocycles. The standard InChI is InChI=1S/C25H27FN2O/c1-25-12-11-21-20-8-6-19(29)14-17(20)5-7-22(21)23(25)9-10-24(25)28-27-15-16-3-2-4-18(26)13-16/h2-4,6,8,13-15,21-23,29H,5,7,9-12H2,1H3/b27-15+,28-24+/t21-,22-,23+,25+/m1/s1. The maximum absolute atomic E-state index is 13.4. The van der Waals surface area contributed by atoms with Gasteiger partial charge < -0.3 is 5.11 Å². The number of fused-ring (bicyclic) bond motifs is 5. The number of benzene rings is 2. The molecular formula is C25H27FN2O. The molecule has 2 aromatic carbocycles. The van der Waals surface area contributed by atoms with E-state index in [-0.39, 0.29) is 11.2 Å². The van der Waals surface area contributed by atoms with E-state index in [2.05, 4.69) is 23.2 Å². The molecule has 3 nitrogen and oxygen atoms in total. The van der Waals surface area contributed by atoms with Crippen molar-refractivity contribution in [3.8, 4) is 5.75 Å². The average molecular weight is 391 g/mol. The summed E-state index contributed by atoms with van der Waals surface area (Å²) in [5.41, 5.74) is 4.86. The SMILES string of the molecule is C[C@]12CC[C@@H]3c4ccc(O)cc4CC[C@H]3[C@@H]1CC/C2=N\N=C\c1cccc(F)c1. The van der Waals surface area contributed by atoms with Crippen molar-refractivity contribution in [2.75, 3.05) is 0 Å². The van der Waals surface area contributed by atoms with Crippen LogP contribution in [0.4, 0.5) is 4.39 Å². The zero-order valence-corrected chi connectivity index (χ0v) is 16.8. The van der Waals surface area contributed by atoms with Crippen LogP contribution in [0.2, 0.25) is 0 Å². The molecule has 0 unspecified atom stereocenters. The molecule has 2 aromatic rings. The monoisotopic (exact) mass is 390 g/mol. The van der Waals surface area contributed by atoms with Crippen LogP contribution in [0.3, 0.4) is 0 Å². The van der Waals surface area contributed by atoms with E-state index < -0.39 is 0 Å². The second-order valence-corrected chi connectivity index (χ2v) is 9.14. The maximum Gasteiger partial charge on any atom is 0.123 e. The number of phenols is 1. The van der Waals surface area contributed by atoms with Crippen molar-refractivity contribution in [3.05, 3.63) is 65.0 Å². The molecule has 0 aromatic heterocycles. The molecule has 0 heterocycles. The first-order chi connectivity index (χ1) is 14.0. The molecule has 1 N–H and O–H groups in total. The molecule has 4 heteroatoms. The van der Waals surface area contributed by atoms with E-state index in [1.54, 1.807) is 12.3 Å². The Hall–Kier alpha value is -2.49. The minimum atomic E-state index is -0.251. The maximum atomic E-state index is 13.4. The quantitative estimate of drug-likeness (QED) is 0.506. The third-order valence-corrected chi connectivity index (χ3v) is 7.69. The van der Waals surface area contributed by atoms with Crippen LogP contribution in [-0.4, -0.2) is 17.0 Å². The van der Waals surface area contributed by atoms with Gasteiger partial charge in [-0.05, 0) is 97.2 Å². The number of nitrogens with zero attached hydrogens (tertiary/aromatic N) is 2. The van der Waals surface area contributed by atoms with Crippen LogP contribution in [-0.2, 0) is 6.42 Å². The zero-order chi connectivity index (χ0) is 20.0. The molecule has 2 saturated carbocycles. The van der Waals surface area contributed by atoms with Crippen molar-refractivity contribution in [3.63, 3.8) is 0 Å². The molecule has 5 rings (SSSR count). The van der Waals surface area contributed by atoms with E-state index in [0.29, 0.717) is 23.5 Å². The molecule has 0 radical (unpaired) electrons. The molecular weight excluding hydrogens is 363 g/mol. The highest BCUT2D eigenvalue weighted by Gasteiger charge is 2.53. The molecule has 29 heavy (non-hydrogen) atoms. The van der Waals surface area contributed by atoms with Crippen LogP contribution in [0.5, 0.6) is 5.75 Å². The summed E-state index contributed by atoms with van der Waals surface area (Å²) in [6.07, 6.45) is 8.40. The first-order valence-corrected chi connectivity index (χ1v) is 10.7. The molecule has 3 aliphatic carbocycles. The Labute approximate surface area is 171 Å². The van der Waals surface area contributed by atoms with Crippen molar-refractivity contribution in [1.82, 2.24) is 0 Å². The largest absolute Gasteiger partial charge is 0.508 e. The highest BCUT2D eigenvalue weighted by Crippen LogP contribution is 2.60. The van der Waals surface area contributed by atoms with Gasteiger partial charge in [0.25, 0.3) is 0 Å². The smallest absolute Gasteiger partial charge is 0.123 e.